The smallest absolute Gasteiger partial charge is 0.138 e. The largest absolute Gasteiger partial charge is 0.381 e. The molecule has 140 valence electrons. The summed E-state index contributed by atoms with van der Waals surface area (Å²) < 4.78 is 16.9. The molecule has 6 nitrogen and oxygen atoms in total. The maximum atomic E-state index is 6.05. The fraction of sp³-hybridized carbons (Fsp3) is 0.842. The van der Waals surface area contributed by atoms with E-state index < -0.39 is 0 Å². The topological polar surface area (TPSA) is 51.0 Å². The molecule has 0 aliphatic carbocycles. The molecule has 6 heteroatoms. The molecule has 0 amide bonds. The van der Waals surface area contributed by atoms with Gasteiger partial charge in [0.05, 0.1) is 18.9 Å². The number of rotatable bonds is 3. The molecule has 3 saturated heterocycles. The first-order valence-electron chi connectivity index (χ1n) is 9.69. The molecule has 25 heavy (non-hydrogen) atoms. The normalized spacial score (nSPS) is 30.2. The molecule has 3 fully saturated rings. The Morgan fingerprint density at radius 3 is 2.68 bits per heavy atom. The molecule has 4 rings (SSSR count). The van der Waals surface area contributed by atoms with E-state index in [-0.39, 0.29) is 5.41 Å². The highest BCUT2D eigenvalue weighted by Crippen LogP contribution is 2.36. The van der Waals surface area contributed by atoms with Gasteiger partial charge in [-0.1, -0.05) is 5.16 Å². The van der Waals surface area contributed by atoms with Gasteiger partial charge in [-0.2, -0.15) is 0 Å². The van der Waals surface area contributed by atoms with Gasteiger partial charge in [0.2, 0.25) is 0 Å². The highest BCUT2D eigenvalue weighted by molar-refractivity contribution is 5.20. The molecule has 0 aromatic carbocycles. The van der Waals surface area contributed by atoms with Crippen LogP contribution in [0.3, 0.4) is 0 Å². The summed E-state index contributed by atoms with van der Waals surface area (Å²) in [5.41, 5.74) is 2.54. The van der Waals surface area contributed by atoms with Gasteiger partial charge in [-0.25, -0.2) is 0 Å². The van der Waals surface area contributed by atoms with Crippen LogP contribution in [0.1, 0.15) is 36.3 Å². The Bertz CT molecular complexity index is 565. The van der Waals surface area contributed by atoms with Crippen LogP contribution in [0.5, 0.6) is 0 Å². The van der Waals surface area contributed by atoms with Crippen LogP contribution in [-0.4, -0.2) is 73.6 Å². The standard InChI is InChI=1S/C19H31N3O3/c1-15-18(16(2)25-20-15)11-21-7-10-24-14-19(12-21)5-6-22(13-19)17-3-8-23-9-4-17/h17H,3-14H2,1-2H3. The van der Waals surface area contributed by atoms with E-state index in [1.165, 1.54) is 31.4 Å². The van der Waals surface area contributed by atoms with Crippen molar-refractivity contribution in [2.24, 2.45) is 5.41 Å². The second-order valence-corrected chi connectivity index (χ2v) is 8.13. The minimum Gasteiger partial charge on any atom is -0.381 e. The summed E-state index contributed by atoms with van der Waals surface area (Å²) in [6, 6.07) is 0.701. The average molecular weight is 349 g/mol. The Morgan fingerprint density at radius 1 is 1.08 bits per heavy atom. The Morgan fingerprint density at radius 2 is 1.92 bits per heavy atom. The lowest BCUT2D eigenvalue weighted by atomic mass is 9.87. The summed E-state index contributed by atoms with van der Waals surface area (Å²) in [4.78, 5) is 5.25. The van der Waals surface area contributed by atoms with Crippen molar-refractivity contribution in [2.75, 3.05) is 52.6 Å². The van der Waals surface area contributed by atoms with E-state index in [2.05, 4.69) is 15.0 Å². The molecule has 3 aliphatic heterocycles. The van der Waals surface area contributed by atoms with Crippen molar-refractivity contribution in [3.05, 3.63) is 17.0 Å². The van der Waals surface area contributed by atoms with Gasteiger partial charge in [0, 0.05) is 56.4 Å². The van der Waals surface area contributed by atoms with Gasteiger partial charge in [-0.15, -0.1) is 0 Å². The van der Waals surface area contributed by atoms with E-state index in [0.29, 0.717) is 6.04 Å². The summed E-state index contributed by atoms with van der Waals surface area (Å²) in [6.07, 6.45) is 3.60. The summed E-state index contributed by atoms with van der Waals surface area (Å²) >= 11 is 0. The van der Waals surface area contributed by atoms with Crippen LogP contribution in [0.4, 0.5) is 0 Å². The van der Waals surface area contributed by atoms with Gasteiger partial charge < -0.3 is 14.0 Å². The highest BCUT2D eigenvalue weighted by Gasteiger charge is 2.43. The van der Waals surface area contributed by atoms with Crippen LogP contribution >= 0.6 is 0 Å². The predicted octanol–water partition coefficient (Wildman–Crippen LogP) is 1.99. The molecule has 1 spiro atoms. The van der Waals surface area contributed by atoms with Crippen LogP contribution < -0.4 is 0 Å². The van der Waals surface area contributed by atoms with Crippen molar-refractivity contribution in [1.82, 2.24) is 15.0 Å². The molecule has 4 heterocycles. The zero-order valence-corrected chi connectivity index (χ0v) is 15.6. The van der Waals surface area contributed by atoms with Crippen molar-refractivity contribution in [3.63, 3.8) is 0 Å². The minimum absolute atomic E-state index is 0.272. The molecule has 1 aromatic heterocycles. The molecule has 0 N–H and O–H groups in total. The summed E-state index contributed by atoms with van der Waals surface area (Å²) in [5, 5.41) is 4.11. The number of likely N-dealkylation sites (tertiary alicyclic amines) is 1. The van der Waals surface area contributed by atoms with E-state index >= 15 is 0 Å². The van der Waals surface area contributed by atoms with Gasteiger partial charge >= 0.3 is 0 Å². The molecular formula is C19H31N3O3. The first kappa shape index (κ1) is 17.5. The number of aryl methyl sites for hydroxylation is 2. The third-order valence-electron chi connectivity index (χ3n) is 6.26. The maximum absolute atomic E-state index is 6.05. The Balaban J connectivity index is 1.43. The molecule has 0 radical (unpaired) electrons. The van der Waals surface area contributed by atoms with Crippen molar-refractivity contribution >= 4 is 0 Å². The van der Waals surface area contributed by atoms with Crippen molar-refractivity contribution < 1.29 is 14.0 Å². The van der Waals surface area contributed by atoms with Crippen LogP contribution in [-0.2, 0) is 16.0 Å². The van der Waals surface area contributed by atoms with Crippen LogP contribution in [0.25, 0.3) is 0 Å². The lowest BCUT2D eigenvalue weighted by Gasteiger charge is -2.35. The zero-order chi connectivity index (χ0) is 17.3. The van der Waals surface area contributed by atoms with E-state index in [1.54, 1.807) is 0 Å². The second-order valence-electron chi connectivity index (χ2n) is 8.13. The summed E-state index contributed by atoms with van der Waals surface area (Å²) in [5.74, 6) is 0.951. The van der Waals surface area contributed by atoms with Gasteiger partial charge in [0.15, 0.2) is 0 Å². The first-order chi connectivity index (χ1) is 12.2. The first-order valence-corrected chi connectivity index (χ1v) is 9.69. The zero-order valence-electron chi connectivity index (χ0n) is 15.6. The third-order valence-corrected chi connectivity index (χ3v) is 6.26. The fourth-order valence-corrected chi connectivity index (χ4v) is 4.75. The number of ether oxygens (including phenoxy) is 2. The molecule has 1 atom stereocenters. The van der Waals surface area contributed by atoms with Gasteiger partial charge in [0.25, 0.3) is 0 Å². The molecule has 1 aromatic rings. The lowest BCUT2D eigenvalue weighted by molar-refractivity contribution is 0.0284. The van der Waals surface area contributed by atoms with Gasteiger partial charge in [0.1, 0.15) is 5.76 Å². The van der Waals surface area contributed by atoms with Crippen LogP contribution in [0.15, 0.2) is 4.52 Å². The third kappa shape index (κ3) is 3.77. The van der Waals surface area contributed by atoms with E-state index in [9.17, 15) is 0 Å². The quantitative estimate of drug-likeness (QED) is 0.832. The molecule has 0 saturated carbocycles. The lowest BCUT2D eigenvalue weighted by Crippen LogP contribution is -2.43. The number of hydrogen-bond donors (Lipinski definition) is 0. The molecular weight excluding hydrogens is 318 g/mol. The predicted molar refractivity (Wildman–Crippen MR) is 94.5 cm³/mol. The van der Waals surface area contributed by atoms with Gasteiger partial charge in [-0.05, 0) is 39.7 Å². The van der Waals surface area contributed by atoms with Crippen LogP contribution in [0.2, 0.25) is 0 Å². The fourth-order valence-electron chi connectivity index (χ4n) is 4.75. The Labute approximate surface area is 150 Å². The number of hydrogen-bond acceptors (Lipinski definition) is 6. The number of aromatic nitrogens is 1. The van der Waals surface area contributed by atoms with Crippen molar-refractivity contribution in [2.45, 2.75) is 45.7 Å². The summed E-state index contributed by atoms with van der Waals surface area (Å²) in [6.45, 7) is 13.0. The van der Waals surface area contributed by atoms with E-state index in [4.69, 9.17) is 14.0 Å². The molecule has 1 unspecified atom stereocenters. The molecule has 3 aliphatic rings. The maximum Gasteiger partial charge on any atom is 0.138 e. The van der Waals surface area contributed by atoms with Crippen molar-refractivity contribution in [1.29, 1.82) is 0 Å². The SMILES string of the molecule is Cc1noc(C)c1CN1CCOCC2(CCN(C3CCOCC3)C2)C1. The minimum atomic E-state index is 0.272. The van der Waals surface area contributed by atoms with E-state index in [0.717, 1.165) is 64.1 Å². The highest BCUT2D eigenvalue weighted by atomic mass is 16.5. The average Bonchev–Trinajstić information content (AvgIpc) is 3.10. The molecule has 0 bridgehead atoms. The van der Waals surface area contributed by atoms with Gasteiger partial charge in [-0.3, -0.25) is 9.80 Å². The van der Waals surface area contributed by atoms with Crippen molar-refractivity contribution in [3.8, 4) is 0 Å². The second kappa shape index (κ2) is 7.35. The number of nitrogens with zero attached hydrogens (tertiary/aromatic N) is 3. The Kier molecular flexibility index (Phi) is 5.13. The van der Waals surface area contributed by atoms with Crippen LogP contribution in [0, 0.1) is 19.3 Å². The van der Waals surface area contributed by atoms with E-state index in [1.807, 2.05) is 13.8 Å². The summed E-state index contributed by atoms with van der Waals surface area (Å²) in [7, 11) is 0. The monoisotopic (exact) mass is 349 g/mol. The Hall–Kier alpha value is -0.950.